The topological polar surface area (TPSA) is 35.6 Å². The lowest BCUT2D eigenvalue weighted by Crippen LogP contribution is -2.49. The van der Waals surface area contributed by atoms with Gasteiger partial charge in [-0.15, -0.1) is 0 Å². The fraction of sp³-hybridized carbons (Fsp3) is 0.462. The lowest BCUT2D eigenvalue weighted by Gasteiger charge is -2.28. The van der Waals surface area contributed by atoms with Gasteiger partial charge in [-0.05, 0) is 12.1 Å². The highest BCUT2D eigenvalue weighted by atomic mass is 19.1. The van der Waals surface area contributed by atoms with Gasteiger partial charge in [-0.3, -0.25) is 0 Å². The van der Waals surface area contributed by atoms with Gasteiger partial charge in [0.15, 0.2) is 0 Å². The third-order valence-electron chi connectivity index (χ3n) is 3.71. The number of benzene rings is 1. The zero-order valence-corrected chi connectivity index (χ0v) is 10.4. The number of hydrogen-bond acceptors (Lipinski definition) is 2. The van der Waals surface area contributed by atoms with E-state index in [0.717, 1.165) is 13.1 Å². The van der Waals surface area contributed by atoms with Crippen LogP contribution in [0.2, 0.25) is 0 Å². The van der Waals surface area contributed by atoms with Crippen molar-refractivity contribution in [1.29, 1.82) is 0 Å². The summed E-state index contributed by atoms with van der Waals surface area (Å²) < 4.78 is 27.2. The summed E-state index contributed by atoms with van der Waals surface area (Å²) in [7, 11) is 0. The number of halogens is 2. The normalized spacial score (nSPS) is 22.8. The second kappa shape index (κ2) is 4.77. The lowest BCUT2D eigenvalue weighted by molar-refractivity contribution is 0.178. The van der Waals surface area contributed by atoms with Gasteiger partial charge in [-0.1, -0.05) is 6.07 Å². The number of amides is 2. The third-order valence-corrected chi connectivity index (χ3v) is 3.71. The Hall–Kier alpha value is -1.69. The molecular formula is C13H15F2N3O. The predicted octanol–water partition coefficient (Wildman–Crippen LogP) is 1.17. The Kier molecular flexibility index (Phi) is 3.10. The summed E-state index contributed by atoms with van der Waals surface area (Å²) in [5.41, 5.74) is -0.0383. The van der Waals surface area contributed by atoms with Crippen LogP contribution in [0.3, 0.4) is 0 Å². The molecule has 2 aliphatic rings. The van der Waals surface area contributed by atoms with Crippen molar-refractivity contribution in [3.05, 3.63) is 35.4 Å². The maximum absolute atomic E-state index is 13.6. The van der Waals surface area contributed by atoms with E-state index >= 15 is 0 Å². The smallest absolute Gasteiger partial charge is 0.318 e. The quantitative estimate of drug-likeness (QED) is 0.873. The van der Waals surface area contributed by atoms with E-state index in [2.05, 4.69) is 5.32 Å². The van der Waals surface area contributed by atoms with Crippen molar-refractivity contribution in [2.24, 2.45) is 0 Å². The van der Waals surface area contributed by atoms with Gasteiger partial charge in [0.25, 0.3) is 0 Å². The van der Waals surface area contributed by atoms with Crippen LogP contribution in [-0.2, 0) is 6.54 Å². The second-order valence-corrected chi connectivity index (χ2v) is 4.91. The van der Waals surface area contributed by atoms with Gasteiger partial charge in [0.2, 0.25) is 0 Å². The fourth-order valence-corrected chi connectivity index (χ4v) is 2.70. The number of rotatable bonds is 2. The molecule has 1 atom stereocenters. The molecule has 2 heterocycles. The first-order valence-corrected chi connectivity index (χ1v) is 6.36. The molecule has 2 fully saturated rings. The van der Waals surface area contributed by atoms with E-state index in [1.54, 1.807) is 4.90 Å². The maximum atomic E-state index is 13.6. The Morgan fingerprint density at radius 2 is 2.05 bits per heavy atom. The summed E-state index contributed by atoms with van der Waals surface area (Å²) >= 11 is 0. The van der Waals surface area contributed by atoms with Gasteiger partial charge in [0.1, 0.15) is 11.6 Å². The van der Waals surface area contributed by atoms with Crippen LogP contribution in [0.1, 0.15) is 5.56 Å². The molecule has 0 bridgehead atoms. The molecule has 0 saturated carbocycles. The summed E-state index contributed by atoms with van der Waals surface area (Å²) in [6.45, 7) is 2.66. The van der Waals surface area contributed by atoms with Gasteiger partial charge in [-0.2, -0.15) is 0 Å². The SMILES string of the molecule is O=C1N(Cc2c(F)cccc2F)CC2CNCCN12. The van der Waals surface area contributed by atoms with Crippen LogP contribution in [0, 0.1) is 11.6 Å². The number of urea groups is 1. The van der Waals surface area contributed by atoms with Crippen LogP contribution >= 0.6 is 0 Å². The molecule has 1 aromatic rings. The molecule has 3 rings (SSSR count). The highest BCUT2D eigenvalue weighted by Crippen LogP contribution is 2.22. The Balaban J connectivity index is 1.79. The number of carbonyl (C=O) groups is 1. The number of hydrogen-bond donors (Lipinski definition) is 1. The minimum absolute atomic E-state index is 0.00958. The molecule has 1 aromatic carbocycles. The highest BCUT2D eigenvalue weighted by molar-refractivity contribution is 5.77. The van der Waals surface area contributed by atoms with E-state index in [4.69, 9.17) is 0 Å². The average Bonchev–Trinajstić information content (AvgIpc) is 2.72. The van der Waals surface area contributed by atoms with E-state index in [1.165, 1.54) is 23.1 Å². The summed E-state index contributed by atoms with van der Waals surface area (Å²) in [5, 5.41) is 3.22. The zero-order chi connectivity index (χ0) is 13.4. The van der Waals surface area contributed by atoms with E-state index in [1.807, 2.05) is 0 Å². The molecule has 0 aromatic heterocycles. The molecular weight excluding hydrogens is 252 g/mol. The molecule has 6 heteroatoms. The Labute approximate surface area is 110 Å². The van der Waals surface area contributed by atoms with Gasteiger partial charge in [0.05, 0.1) is 12.6 Å². The second-order valence-electron chi connectivity index (χ2n) is 4.91. The number of carbonyl (C=O) groups excluding carboxylic acids is 1. The minimum Gasteiger partial charge on any atom is -0.318 e. The minimum atomic E-state index is -0.601. The standard InChI is InChI=1S/C13H15F2N3O/c14-11-2-1-3-12(15)10(11)8-17-7-9-6-16-4-5-18(9)13(17)19/h1-3,9,16H,4-8H2. The Morgan fingerprint density at radius 1 is 1.32 bits per heavy atom. The molecule has 0 aliphatic carbocycles. The van der Waals surface area contributed by atoms with Crippen LogP contribution in [0.4, 0.5) is 13.6 Å². The van der Waals surface area contributed by atoms with Gasteiger partial charge < -0.3 is 15.1 Å². The predicted molar refractivity (Wildman–Crippen MR) is 65.5 cm³/mol. The molecule has 1 unspecified atom stereocenters. The number of fused-ring (bicyclic) bond motifs is 1. The summed E-state index contributed by atoms with van der Waals surface area (Å²) in [6.07, 6.45) is 0. The van der Waals surface area contributed by atoms with Crippen LogP contribution < -0.4 is 5.32 Å². The van der Waals surface area contributed by atoms with Crippen molar-refractivity contribution in [2.75, 3.05) is 26.2 Å². The molecule has 1 N–H and O–H groups in total. The lowest BCUT2D eigenvalue weighted by atomic mass is 10.2. The summed E-state index contributed by atoms with van der Waals surface area (Å²) in [5.74, 6) is -1.20. The van der Waals surface area contributed by atoms with Crippen LogP contribution in [0.15, 0.2) is 18.2 Å². The Bertz CT molecular complexity index is 488. The van der Waals surface area contributed by atoms with Crippen LogP contribution in [0.5, 0.6) is 0 Å². The third kappa shape index (κ3) is 2.16. The molecule has 19 heavy (non-hydrogen) atoms. The van der Waals surface area contributed by atoms with Crippen LogP contribution in [0.25, 0.3) is 0 Å². The maximum Gasteiger partial charge on any atom is 0.320 e. The molecule has 2 aliphatic heterocycles. The van der Waals surface area contributed by atoms with Crippen molar-refractivity contribution in [2.45, 2.75) is 12.6 Å². The number of nitrogens with zero attached hydrogens (tertiary/aromatic N) is 2. The van der Waals surface area contributed by atoms with E-state index in [9.17, 15) is 13.6 Å². The van der Waals surface area contributed by atoms with Crippen molar-refractivity contribution < 1.29 is 13.6 Å². The summed E-state index contributed by atoms with van der Waals surface area (Å²) in [4.78, 5) is 15.4. The first-order chi connectivity index (χ1) is 9.16. The number of piperazine rings is 1. The van der Waals surface area contributed by atoms with Crippen LogP contribution in [-0.4, -0.2) is 48.1 Å². The first kappa shape index (κ1) is 12.3. The summed E-state index contributed by atoms with van der Waals surface area (Å²) in [6, 6.07) is 3.74. The molecule has 2 saturated heterocycles. The van der Waals surface area contributed by atoms with Crippen molar-refractivity contribution in [3.63, 3.8) is 0 Å². The van der Waals surface area contributed by atoms with Gasteiger partial charge in [-0.25, -0.2) is 13.6 Å². The highest BCUT2D eigenvalue weighted by Gasteiger charge is 2.38. The van der Waals surface area contributed by atoms with E-state index < -0.39 is 11.6 Å². The molecule has 102 valence electrons. The van der Waals surface area contributed by atoms with Gasteiger partial charge in [0, 0.05) is 31.7 Å². The fourth-order valence-electron chi connectivity index (χ4n) is 2.70. The monoisotopic (exact) mass is 267 g/mol. The van der Waals surface area contributed by atoms with E-state index in [0.29, 0.717) is 13.1 Å². The van der Waals surface area contributed by atoms with Gasteiger partial charge >= 0.3 is 6.03 Å². The van der Waals surface area contributed by atoms with E-state index in [-0.39, 0.29) is 24.2 Å². The van der Waals surface area contributed by atoms with Crippen molar-refractivity contribution in [1.82, 2.24) is 15.1 Å². The average molecular weight is 267 g/mol. The van der Waals surface area contributed by atoms with Crippen molar-refractivity contribution in [3.8, 4) is 0 Å². The largest absolute Gasteiger partial charge is 0.320 e. The molecule has 2 amide bonds. The first-order valence-electron chi connectivity index (χ1n) is 6.36. The van der Waals surface area contributed by atoms with Crippen molar-refractivity contribution >= 4 is 6.03 Å². The molecule has 0 radical (unpaired) electrons. The molecule has 4 nitrogen and oxygen atoms in total. The Morgan fingerprint density at radius 3 is 2.74 bits per heavy atom. The molecule has 0 spiro atoms. The zero-order valence-electron chi connectivity index (χ0n) is 10.4. The number of nitrogens with one attached hydrogen (secondary N) is 1.